The van der Waals surface area contributed by atoms with Crippen molar-refractivity contribution in [2.75, 3.05) is 14.2 Å². The van der Waals surface area contributed by atoms with Crippen LogP contribution in [0.5, 0.6) is 11.5 Å². The van der Waals surface area contributed by atoms with Crippen molar-refractivity contribution >= 4 is 5.91 Å². The highest BCUT2D eigenvalue weighted by Crippen LogP contribution is 2.27. The van der Waals surface area contributed by atoms with Crippen LogP contribution in [0.15, 0.2) is 42.5 Å². The maximum atomic E-state index is 12.5. The fourth-order valence-corrected chi connectivity index (χ4v) is 2.38. The van der Waals surface area contributed by atoms with Crippen molar-refractivity contribution < 1.29 is 14.3 Å². The molecule has 1 atom stereocenters. The lowest BCUT2D eigenvalue weighted by molar-refractivity contribution is 0.0936. The number of hydrogen-bond donors (Lipinski definition) is 1. The molecule has 0 aliphatic rings. The number of carbonyl (C=O) groups is 1. The van der Waals surface area contributed by atoms with E-state index in [1.165, 1.54) is 0 Å². The van der Waals surface area contributed by atoms with Gasteiger partial charge in [0.2, 0.25) is 0 Å². The molecule has 2 aromatic carbocycles. The molecule has 2 rings (SSSR count). The first-order chi connectivity index (χ1) is 10.6. The summed E-state index contributed by atoms with van der Waals surface area (Å²) in [4.78, 5) is 12.5. The number of hydrogen-bond acceptors (Lipinski definition) is 3. The predicted molar refractivity (Wildman–Crippen MR) is 86.6 cm³/mol. The third-order valence-electron chi connectivity index (χ3n) is 3.55. The third-order valence-corrected chi connectivity index (χ3v) is 3.55. The Kier molecular flexibility index (Phi) is 5.04. The molecule has 0 aliphatic carbocycles. The SMILES string of the molecule is COc1ccccc1C(=O)NC(C)c1cc(C)ccc1OC. The van der Waals surface area contributed by atoms with Crippen LogP contribution in [0.2, 0.25) is 0 Å². The summed E-state index contributed by atoms with van der Waals surface area (Å²) in [7, 11) is 3.18. The van der Waals surface area contributed by atoms with Gasteiger partial charge in [-0.2, -0.15) is 0 Å². The molecule has 0 bridgehead atoms. The number of nitrogens with one attached hydrogen (secondary N) is 1. The molecule has 22 heavy (non-hydrogen) atoms. The number of aryl methyl sites for hydroxylation is 1. The standard InChI is InChI=1S/C18H21NO3/c1-12-9-10-17(22-4)15(11-12)13(2)19-18(20)14-7-5-6-8-16(14)21-3/h5-11,13H,1-4H3,(H,19,20). The molecular formula is C18H21NO3. The van der Waals surface area contributed by atoms with Crippen LogP contribution >= 0.6 is 0 Å². The number of amides is 1. The molecule has 0 saturated carbocycles. The molecule has 0 heterocycles. The Bertz CT molecular complexity index is 667. The van der Waals surface area contributed by atoms with Crippen LogP contribution in [0.1, 0.15) is 34.5 Å². The second-order valence-electron chi connectivity index (χ2n) is 5.14. The van der Waals surface area contributed by atoms with Crippen LogP contribution in [0.25, 0.3) is 0 Å². The third kappa shape index (κ3) is 3.39. The fraction of sp³-hybridized carbons (Fsp3) is 0.278. The molecule has 2 aromatic rings. The highest BCUT2D eigenvalue weighted by atomic mass is 16.5. The zero-order valence-corrected chi connectivity index (χ0v) is 13.3. The lowest BCUT2D eigenvalue weighted by Crippen LogP contribution is -2.27. The van der Waals surface area contributed by atoms with Gasteiger partial charge < -0.3 is 14.8 Å². The molecule has 4 heteroatoms. The van der Waals surface area contributed by atoms with Crippen molar-refractivity contribution in [2.24, 2.45) is 0 Å². The summed E-state index contributed by atoms with van der Waals surface area (Å²) in [6.07, 6.45) is 0. The van der Waals surface area contributed by atoms with Gasteiger partial charge in [0.1, 0.15) is 11.5 Å². The maximum Gasteiger partial charge on any atom is 0.255 e. The van der Waals surface area contributed by atoms with Gasteiger partial charge in [0.25, 0.3) is 5.91 Å². The minimum atomic E-state index is -0.174. The number of carbonyl (C=O) groups excluding carboxylic acids is 1. The normalized spacial score (nSPS) is 11.6. The average molecular weight is 299 g/mol. The van der Waals surface area contributed by atoms with Crippen LogP contribution in [0, 0.1) is 6.92 Å². The van der Waals surface area contributed by atoms with Crippen molar-refractivity contribution in [3.63, 3.8) is 0 Å². The topological polar surface area (TPSA) is 47.6 Å². The van der Waals surface area contributed by atoms with E-state index in [9.17, 15) is 4.79 Å². The van der Waals surface area contributed by atoms with Crippen molar-refractivity contribution in [2.45, 2.75) is 19.9 Å². The van der Waals surface area contributed by atoms with Gasteiger partial charge in [0, 0.05) is 5.56 Å². The molecular weight excluding hydrogens is 278 g/mol. The van der Waals surface area contributed by atoms with Gasteiger partial charge in [0.05, 0.1) is 25.8 Å². The molecule has 1 unspecified atom stereocenters. The van der Waals surface area contributed by atoms with E-state index in [0.29, 0.717) is 11.3 Å². The zero-order chi connectivity index (χ0) is 16.1. The lowest BCUT2D eigenvalue weighted by Gasteiger charge is -2.18. The fourth-order valence-electron chi connectivity index (χ4n) is 2.38. The first-order valence-corrected chi connectivity index (χ1v) is 7.15. The Morgan fingerprint density at radius 2 is 1.73 bits per heavy atom. The van der Waals surface area contributed by atoms with Crippen LogP contribution in [0.3, 0.4) is 0 Å². The first-order valence-electron chi connectivity index (χ1n) is 7.15. The summed E-state index contributed by atoms with van der Waals surface area (Å²) in [6.45, 7) is 3.95. The van der Waals surface area contributed by atoms with E-state index in [2.05, 4.69) is 5.32 Å². The molecule has 0 aliphatic heterocycles. The van der Waals surface area contributed by atoms with Gasteiger partial charge >= 0.3 is 0 Å². The van der Waals surface area contributed by atoms with Gasteiger partial charge in [-0.1, -0.05) is 29.8 Å². The van der Waals surface area contributed by atoms with Gasteiger partial charge in [-0.15, -0.1) is 0 Å². The Morgan fingerprint density at radius 1 is 1.05 bits per heavy atom. The van der Waals surface area contributed by atoms with Crippen LogP contribution < -0.4 is 14.8 Å². The smallest absolute Gasteiger partial charge is 0.255 e. The molecule has 0 aromatic heterocycles. The highest BCUT2D eigenvalue weighted by molar-refractivity contribution is 5.97. The predicted octanol–water partition coefficient (Wildman–Crippen LogP) is 3.50. The molecule has 0 fully saturated rings. The molecule has 4 nitrogen and oxygen atoms in total. The summed E-state index contributed by atoms with van der Waals surface area (Å²) in [5.74, 6) is 1.15. The maximum absolute atomic E-state index is 12.5. The van der Waals surface area contributed by atoms with E-state index in [1.807, 2.05) is 44.2 Å². The summed E-state index contributed by atoms with van der Waals surface area (Å²) in [5.41, 5.74) is 2.59. The Hall–Kier alpha value is -2.49. The number of methoxy groups -OCH3 is 2. The minimum Gasteiger partial charge on any atom is -0.496 e. The number of ether oxygens (including phenoxy) is 2. The van der Waals surface area contributed by atoms with Crippen LogP contribution in [-0.4, -0.2) is 20.1 Å². The van der Waals surface area contributed by atoms with Crippen molar-refractivity contribution in [1.29, 1.82) is 0 Å². The second kappa shape index (κ2) is 6.98. The lowest BCUT2D eigenvalue weighted by atomic mass is 10.0. The largest absolute Gasteiger partial charge is 0.496 e. The average Bonchev–Trinajstić information content (AvgIpc) is 2.54. The molecule has 0 saturated heterocycles. The minimum absolute atomic E-state index is 0.173. The summed E-state index contributed by atoms with van der Waals surface area (Å²) >= 11 is 0. The summed E-state index contributed by atoms with van der Waals surface area (Å²) in [5, 5.41) is 2.99. The van der Waals surface area contributed by atoms with Gasteiger partial charge in [-0.25, -0.2) is 0 Å². The zero-order valence-electron chi connectivity index (χ0n) is 13.3. The van der Waals surface area contributed by atoms with Gasteiger partial charge in [-0.05, 0) is 32.0 Å². The van der Waals surface area contributed by atoms with E-state index < -0.39 is 0 Å². The van der Waals surface area contributed by atoms with Crippen molar-refractivity contribution in [3.8, 4) is 11.5 Å². The Labute approximate surface area is 131 Å². The van der Waals surface area contributed by atoms with E-state index >= 15 is 0 Å². The van der Waals surface area contributed by atoms with Crippen molar-refractivity contribution in [1.82, 2.24) is 5.32 Å². The van der Waals surface area contributed by atoms with E-state index in [-0.39, 0.29) is 11.9 Å². The summed E-state index contributed by atoms with van der Waals surface area (Å²) < 4.78 is 10.6. The van der Waals surface area contributed by atoms with Crippen LogP contribution in [-0.2, 0) is 0 Å². The highest BCUT2D eigenvalue weighted by Gasteiger charge is 2.17. The number of benzene rings is 2. The molecule has 0 spiro atoms. The second-order valence-corrected chi connectivity index (χ2v) is 5.14. The quantitative estimate of drug-likeness (QED) is 0.919. The monoisotopic (exact) mass is 299 g/mol. The van der Waals surface area contributed by atoms with Gasteiger partial charge in [0.15, 0.2) is 0 Å². The van der Waals surface area contributed by atoms with E-state index in [0.717, 1.165) is 16.9 Å². The van der Waals surface area contributed by atoms with Crippen LogP contribution in [0.4, 0.5) is 0 Å². The first kappa shape index (κ1) is 15.9. The number of para-hydroxylation sites is 1. The molecule has 0 radical (unpaired) electrons. The molecule has 116 valence electrons. The van der Waals surface area contributed by atoms with Gasteiger partial charge in [-0.3, -0.25) is 4.79 Å². The van der Waals surface area contributed by atoms with E-state index in [1.54, 1.807) is 26.4 Å². The molecule has 1 N–H and O–H groups in total. The Balaban J connectivity index is 2.23. The van der Waals surface area contributed by atoms with Crippen molar-refractivity contribution in [3.05, 3.63) is 59.2 Å². The Morgan fingerprint density at radius 3 is 2.41 bits per heavy atom. The number of rotatable bonds is 5. The summed E-state index contributed by atoms with van der Waals surface area (Å²) in [6, 6.07) is 12.9. The van der Waals surface area contributed by atoms with E-state index in [4.69, 9.17) is 9.47 Å². The molecule has 1 amide bonds.